The van der Waals surface area contributed by atoms with Gasteiger partial charge in [0.25, 0.3) is 23.6 Å². The lowest BCUT2D eigenvalue weighted by molar-refractivity contribution is 0.0646. The molecule has 2 aliphatic rings. The number of carbonyl (C=O) groups excluding carboxylic acids is 4. The van der Waals surface area contributed by atoms with Crippen LogP contribution < -0.4 is 9.47 Å². The van der Waals surface area contributed by atoms with E-state index in [2.05, 4.69) is 69.3 Å². The van der Waals surface area contributed by atoms with E-state index >= 15 is 0 Å². The Bertz CT molecular complexity index is 2540. The first-order valence-corrected chi connectivity index (χ1v) is 19.6. The maximum absolute atomic E-state index is 13.4. The molecular weight excluding hydrogens is 725 g/mol. The highest BCUT2D eigenvalue weighted by molar-refractivity contribution is 6.22. The van der Waals surface area contributed by atoms with E-state index in [1.807, 2.05) is 48.5 Å². The first-order valence-electron chi connectivity index (χ1n) is 19.6. The van der Waals surface area contributed by atoms with Gasteiger partial charge in [0, 0.05) is 19.0 Å². The van der Waals surface area contributed by atoms with Crippen molar-refractivity contribution >= 4 is 23.6 Å². The number of rotatable bonds is 13. The summed E-state index contributed by atoms with van der Waals surface area (Å²) < 4.78 is 12.2. The topological polar surface area (TPSA) is 93.2 Å². The number of nitrogens with zero attached hydrogens (tertiary/aromatic N) is 2. The summed E-state index contributed by atoms with van der Waals surface area (Å²) in [5.74, 6) is 0.989. The predicted molar refractivity (Wildman–Crippen MR) is 223 cm³/mol. The highest BCUT2D eigenvalue weighted by atomic mass is 16.5. The van der Waals surface area contributed by atoms with Gasteiger partial charge in [-0.05, 0) is 121 Å². The lowest BCUT2D eigenvalue weighted by atomic mass is 9.78. The average molecular weight is 769 g/mol. The van der Waals surface area contributed by atoms with Crippen molar-refractivity contribution in [2.45, 2.75) is 51.9 Å². The molecule has 4 amide bonds. The highest BCUT2D eigenvalue weighted by Crippen LogP contribution is 2.36. The van der Waals surface area contributed by atoms with Gasteiger partial charge in [0.2, 0.25) is 0 Å². The van der Waals surface area contributed by atoms with Gasteiger partial charge in [0.15, 0.2) is 0 Å². The Hall–Kier alpha value is -6.80. The first-order chi connectivity index (χ1) is 27.9. The highest BCUT2D eigenvalue weighted by Gasteiger charge is 2.36. The molecule has 8 rings (SSSR count). The van der Waals surface area contributed by atoms with Gasteiger partial charge >= 0.3 is 0 Å². The van der Waals surface area contributed by atoms with E-state index in [0.29, 0.717) is 51.8 Å². The Balaban J connectivity index is 0.837. The summed E-state index contributed by atoms with van der Waals surface area (Å²) in [6, 6.07) is 42.9. The molecule has 6 aromatic rings. The Morgan fingerprint density at radius 2 is 0.914 bits per heavy atom. The van der Waals surface area contributed by atoms with Crippen LogP contribution in [0, 0.1) is 6.92 Å². The van der Waals surface area contributed by atoms with Crippen molar-refractivity contribution in [3.63, 3.8) is 0 Å². The van der Waals surface area contributed by atoms with Gasteiger partial charge in [-0.2, -0.15) is 0 Å². The predicted octanol–water partition coefficient (Wildman–Crippen LogP) is 10.3. The van der Waals surface area contributed by atoms with E-state index in [9.17, 15) is 19.2 Å². The monoisotopic (exact) mass is 768 g/mol. The molecule has 0 unspecified atom stereocenters. The molecule has 0 saturated carbocycles. The van der Waals surface area contributed by atoms with Gasteiger partial charge in [-0.3, -0.25) is 29.0 Å². The molecule has 2 aliphatic heterocycles. The zero-order chi connectivity index (χ0) is 40.6. The lowest BCUT2D eigenvalue weighted by Crippen LogP contribution is -2.30. The molecular formula is C50H44N2O6. The second-order valence-corrected chi connectivity index (χ2v) is 15.7. The van der Waals surface area contributed by atoms with Gasteiger partial charge in [-0.15, -0.1) is 0 Å². The van der Waals surface area contributed by atoms with Crippen LogP contribution in [0.25, 0.3) is 0 Å². The third kappa shape index (κ3) is 7.65. The summed E-state index contributed by atoms with van der Waals surface area (Å²) >= 11 is 0. The summed E-state index contributed by atoms with van der Waals surface area (Å²) in [4.78, 5) is 53.7. The molecule has 0 atom stereocenters. The number of amides is 4. The molecule has 6 aromatic carbocycles. The molecule has 0 aromatic heterocycles. The van der Waals surface area contributed by atoms with Crippen LogP contribution in [0.2, 0.25) is 0 Å². The number of hydrogen-bond acceptors (Lipinski definition) is 6. The van der Waals surface area contributed by atoms with Gasteiger partial charge < -0.3 is 9.47 Å². The molecule has 0 N–H and O–H groups in total. The maximum Gasteiger partial charge on any atom is 0.261 e. The van der Waals surface area contributed by atoms with Gasteiger partial charge in [0.05, 0.1) is 22.3 Å². The van der Waals surface area contributed by atoms with Crippen LogP contribution in [0.3, 0.4) is 0 Å². The minimum atomic E-state index is -0.349. The fraction of sp³-hybridized carbons (Fsp3) is 0.200. The van der Waals surface area contributed by atoms with Crippen molar-refractivity contribution in [2.24, 2.45) is 0 Å². The smallest absolute Gasteiger partial charge is 0.261 e. The van der Waals surface area contributed by atoms with Crippen LogP contribution in [0.1, 0.15) is 102 Å². The van der Waals surface area contributed by atoms with E-state index in [1.165, 1.54) is 34.2 Å². The lowest BCUT2D eigenvalue weighted by Gasteiger charge is -2.26. The van der Waals surface area contributed by atoms with Crippen LogP contribution in [-0.2, 0) is 18.3 Å². The summed E-state index contributed by atoms with van der Waals surface area (Å²) in [6.07, 6.45) is 3.38. The van der Waals surface area contributed by atoms with Gasteiger partial charge in [-0.1, -0.05) is 92.2 Å². The number of hydrogen-bond donors (Lipinski definition) is 0. The molecule has 8 heteroatoms. The SMILES string of the molecule is Cc1ccc(Cc2ccc(CCCCN3C(=O)c4ccc(Oc5ccc(C(C)(C)c6ccc(Oc7ccc8c(c7)C(=O)N(C)C8=O)cc6)cc5)cc4C3=O)cc2)cc1. The minimum Gasteiger partial charge on any atom is -0.457 e. The van der Waals surface area contributed by atoms with E-state index in [-0.39, 0.29) is 29.0 Å². The largest absolute Gasteiger partial charge is 0.457 e. The summed E-state index contributed by atoms with van der Waals surface area (Å²) in [6.45, 7) is 6.74. The molecule has 0 aliphatic carbocycles. The molecule has 8 nitrogen and oxygen atoms in total. The fourth-order valence-corrected chi connectivity index (χ4v) is 7.62. The summed E-state index contributed by atoms with van der Waals surface area (Å²) in [5.41, 5.74) is 8.35. The molecule has 58 heavy (non-hydrogen) atoms. The van der Waals surface area contributed by atoms with Gasteiger partial charge in [-0.25, -0.2) is 0 Å². The van der Waals surface area contributed by atoms with Crippen LogP contribution in [-0.4, -0.2) is 47.0 Å². The molecule has 2 heterocycles. The average Bonchev–Trinajstić information content (AvgIpc) is 3.59. The second-order valence-electron chi connectivity index (χ2n) is 15.7. The number of aryl methyl sites for hydroxylation is 2. The number of imide groups is 2. The molecule has 0 spiro atoms. The minimum absolute atomic E-state index is 0.261. The maximum atomic E-state index is 13.4. The number of fused-ring (bicyclic) bond motifs is 2. The van der Waals surface area contributed by atoms with E-state index in [4.69, 9.17) is 9.47 Å². The second kappa shape index (κ2) is 15.6. The third-order valence-electron chi connectivity index (χ3n) is 11.3. The molecule has 290 valence electrons. The quantitative estimate of drug-likeness (QED) is 0.0858. The van der Waals surface area contributed by atoms with Crippen molar-refractivity contribution in [3.8, 4) is 23.0 Å². The van der Waals surface area contributed by atoms with Crippen LogP contribution in [0.15, 0.2) is 133 Å². The Kier molecular flexibility index (Phi) is 10.3. The zero-order valence-corrected chi connectivity index (χ0v) is 33.1. The van der Waals surface area contributed by atoms with Crippen LogP contribution in [0.5, 0.6) is 23.0 Å². The molecule has 0 radical (unpaired) electrons. The summed E-state index contributed by atoms with van der Waals surface area (Å²) in [7, 11) is 1.47. The normalized spacial score (nSPS) is 13.6. The number of unbranched alkanes of at least 4 members (excludes halogenated alkanes) is 1. The standard InChI is InChI=1S/C50H44N2O6/c1-32-8-10-34(11-9-32)29-35-14-12-33(13-15-35)7-5-6-28-52-48(55)43-27-25-41(31-45(43)49(52)56)58-39-22-18-37(19-23-39)50(2,3)36-16-20-38(21-17-36)57-40-24-26-42-44(30-40)47(54)51(4)46(42)53/h8-27,30-31H,5-7,28-29H2,1-4H3. The van der Waals surface area contributed by atoms with Crippen molar-refractivity contribution in [2.75, 3.05) is 13.6 Å². The van der Waals surface area contributed by atoms with Crippen LogP contribution >= 0.6 is 0 Å². The van der Waals surface area contributed by atoms with E-state index < -0.39 is 0 Å². The van der Waals surface area contributed by atoms with Gasteiger partial charge in [0.1, 0.15) is 23.0 Å². The molecule has 0 fully saturated rings. The van der Waals surface area contributed by atoms with Crippen molar-refractivity contribution < 1.29 is 28.7 Å². The van der Waals surface area contributed by atoms with E-state index in [1.54, 1.807) is 36.4 Å². The third-order valence-corrected chi connectivity index (χ3v) is 11.3. The Labute approximate surface area is 338 Å². The fourth-order valence-electron chi connectivity index (χ4n) is 7.62. The Morgan fingerprint density at radius 3 is 1.47 bits per heavy atom. The van der Waals surface area contributed by atoms with Crippen LogP contribution in [0.4, 0.5) is 0 Å². The number of carbonyl (C=O) groups is 4. The number of benzene rings is 6. The van der Waals surface area contributed by atoms with Crippen molar-refractivity contribution in [1.29, 1.82) is 0 Å². The Morgan fingerprint density at radius 1 is 0.483 bits per heavy atom. The summed E-state index contributed by atoms with van der Waals surface area (Å²) in [5, 5.41) is 0. The number of ether oxygens (including phenoxy) is 2. The first kappa shape index (κ1) is 38.1. The molecule has 0 saturated heterocycles. The van der Waals surface area contributed by atoms with Crippen molar-refractivity contribution in [3.05, 3.63) is 189 Å². The van der Waals surface area contributed by atoms with E-state index in [0.717, 1.165) is 41.7 Å². The zero-order valence-electron chi connectivity index (χ0n) is 33.1. The molecule has 0 bridgehead atoms. The van der Waals surface area contributed by atoms with Crippen molar-refractivity contribution in [1.82, 2.24) is 9.80 Å².